The minimum Gasteiger partial charge on any atom is -0.445 e. The molecule has 0 spiro atoms. The summed E-state index contributed by atoms with van der Waals surface area (Å²) < 4.78 is 52.9. The third-order valence-corrected chi connectivity index (χ3v) is 5.89. The van der Waals surface area contributed by atoms with Crippen LogP contribution in [0.3, 0.4) is 0 Å². The van der Waals surface area contributed by atoms with Crippen molar-refractivity contribution >= 4 is 12.2 Å². The Morgan fingerprint density at radius 2 is 1.41 bits per heavy atom. The number of hydrogen-bond acceptors (Lipinski definition) is 6. The standard InChI is InChI=1S/C14H19NO3.C12H13NO3/c1-2-12-8-15(9-13(12)16)14(17)18-10-11-6-4-3-5-7-11;14-12(13-6-10-11(7-13)16-10)15-8-9-4-2-1-3-5-9/h3-7,12-13,16H,2,8-10H2,1H3;1-5,10-11H,6-8H2/t12-,13-;/m0./s1/i1D3,2D2;. The van der Waals surface area contributed by atoms with E-state index < -0.39 is 31.3 Å². The van der Waals surface area contributed by atoms with Crippen LogP contribution in [0.2, 0.25) is 0 Å². The summed E-state index contributed by atoms with van der Waals surface area (Å²) in [4.78, 5) is 26.5. The van der Waals surface area contributed by atoms with Gasteiger partial charge in [0.05, 0.1) is 25.7 Å². The molecule has 0 aliphatic carbocycles. The van der Waals surface area contributed by atoms with Crippen LogP contribution in [-0.2, 0) is 27.4 Å². The Balaban J connectivity index is 0.000000192. The second-order valence-electron chi connectivity index (χ2n) is 8.42. The molecule has 3 fully saturated rings. The summed E-state index contributed by atoms with van der Waals surface area (Å²) in [6, 6.07) is 18.7. The van der Waals surface area contributed by atoms with Crippen LogP contribution in [0.4, 0.5) is 9.59 Å². The molecule has 182 valence electrons. The molecule has 4 atom stereocenters. The topological polar surface area (TPSA) is 91.8 Å². The van der Waals surface area contributed by atoms with E-state index in [9.17, 15) is 14.7 Å². The average molecular weight is 474 g/mol. The number of rotatable bonds is 5. The number of β-amino-alcohol motifs (C(OH)–C–C–N with tert-alkyl or cyclic N) is 1. The highest BCUT2D eigenvalue weighted by Gasteiger charge is 2.49. The highest BCUT2D eigenvalue weighted by molar-refractivity contribution is 5.68. The number of fused-ring (bicyclic) bond motifs is 1. The maximum absolute atomic E-state index is 12.0. The lowest BCUT2D eigenvalue weighted by atomic mass is 10.0. The summed E-state index contributed by atoms with van der Waals surface area (Å²) in [7, 11) is 0. The van der Waals surface area contributed by atoms with Crippen molar-refractivity contribution in [3.05, 3.63) is 71.8 Å². The molecule has 3 aliphatic rings. The Hall–Kier alpha value is -3.10. The van der Waals surface area contributed by atoms with Crippen molar-refractivity contribution in [1.29, 1.82) is 0 Å². The van der Waals surface area contributed by atoms with Crippen LogP contribution >= 0.6 is 0 Å². The Kier molecular flexibility index (Phi) is 6.10. The fourth-order valence-corrected chi connectivity index (χ4v) is 3.86. The van der Waals surface area contributed by atoms with Crippen LogP contribution < -0.4 is 0 Å². The number of likely N-dealkylation sites (tertiary alicyclic amines) is 2. The molecule has 8 nitrogen and oxygen atoms in total. The van der Waals surface area contributed by atoms with Gasteiger partial charge in [-0.2, -0.15) is 0 Å². The molecule has 0 radical (unpaired) electrons. The van der Waals surface area contributed by atoms with Gasteiger partial charge in [0.2, 0.25) is 0 Å². The molecule has 5 rings (SSSR count). The summed E-state index contributed by atoms with van der Waals surface area (Å²) >= 11 is 0. The quantitative estimate of drug-likeness (QED) is 0.669. The highest BCUT2D eigenvalue weighted by Crippen LogP contribution is 2.30. The van der Waals surface area contributed by atoms with Crippen molar-refractivity contribution in [1.82, 2.24) is 9.80 Å². The van der Waals surface area contributed by atoms with E-state index in [2.05, 4.69) is 0 Å². The van der Waals surface area contributed by atoms with Crippen molar-refractivity contribution in [3.8, 4) is 0 Å². The molecule has 3 saturated heterocycles. The van der Waals surface area contributed by atoms with Gasteiger partial charge in [-0.3, -0.25) is 0 Å². The Morgan fingerprint density at radius 3 is 1.91 bits per heavy atom. The lowest BCUT2D eigenvalue weighted by molar-refractivity contribution is 0.0902. The SMILES string of the molecule is O=C(OCc1ccccc1)N1CC2OC2C1.[2H]C([2H])([2H])C([2H])([2H])[C@H]1CN(C(=O)OCc2ccccc2)C[C@@H]1O. The molecule has 34 heavy (non-hydrogen) atoms. The molecule has 1 N–H and O–H groups in total. The zero-order valence-electron chi connectivity index (χ0n) is 23.7. The van der Waals surface area contributed by atoms with E-state index in [-0.39, 0.29) is 38.0 Å². The molecule has 2 aromatic carbocycles. The van der Waals surface area contributed by atoms with E-state index in [1.165, 1.54) is 0 Å². The van der Waals surface area contributed by atoms with Crippen LogP contribution in [0, 0.1) is 5.92 Å². The summed E-state index contributed by atoms with van der Waals surface area (Å²) in [6.45, 7) is -1.46. The monoisotopic (exact) mass is 473 g/mol. The van der Waals surface area contributed by atoms with Crippen molar-refractivity contribution in [3.63, 3.8) is 0 Å². The first kappa shape index (κ1) is 18.3. The van der Waals surface area contributed by atoms with E-state index in [1.54, 1.807) is 17.0 Å². The minimum absolute atomic E-state index is 0.0586. The first-order valence-electron chi connectivity index (χ1n) is 13.7. The summed E-state index contributed by atoms with van der Waals surface area (Å²) in [5, 5.41) is 9.95. The van der Waals surface area contributed by atoms with Gasteiger partial charge in [-0.05, 0) is 17.5 Å². The lowest BCUT2D eigenvalue weighted by Gasteiger charge is -2.16. The maximum atomic E-state index is 12.0. The van der Waals surface area contributed by atoms with Gasteiger partial charge in [-0.25, -0.2) is 9.59 Å². The highest BCUT2D eigenvalue weighted by atomic mass is 16.6. The van der Waals surface area contributed by atoms with E-state index >= 15 is 0 Å². The largest absolute Gasteiger partial charge is 0.445 e. The number of morpholine rings is 1. The number of amides is 2. The Bertz CT molecular complexity index is 1110. The number of carbonyl (C=O) groups is 2. The second-order valence-corrected chi connectivity index (χ2v) is 8.42. The number of hydrogen-bond donors (Lipinski definition) is 1. The lowest BCUT2D eigenvalue weighted by Crippen LogP contribution is -2.32. The minimum atomic E-state index is -2.87. The molecule has 2 unspecified atom stereocenters. The zero-order valence-corrected chi connectivity index (χ0v) is 18.7. The van der Waals surface area contributed by atoms with Gasteiger partial charge < -0.3 is 29.1 Å². The van der Waals surface area contributed by atoms with E-state index in [4.69, 9.17) is 21.1 Å². The maximum Gasteiger partial charge on any atom is 0.410 e. The van der Waals surface area contributed by atoms with Crippen LogP contribution in [0.1, 0.15) is 31.2 Å². The molecule has 2 aromatic rings. The number of aliphatic hydroxyl groups excluding tert-OH is 1. The summed E-state index contributed by atoms with van der Waals surface area (Å²) in [5.74, 6) is -1.18. The van der Waals surface area contributed by atoms with Gasteiger partial charge in [0.1, 0.15) is 25.4 Å². The average Bonchev–Trinajstić information content (AvgIpc) is 3.31. The normalized spacial score (nSPS) is 27.6. The fourth-order valence-electron chi connectivity index (χ4n) is 3.86. The fraction of sp³-hybridized carbons (Fsp3) is 0.462. The number of ether oxygens (including phenoxy) is 3. The molecular weight excluding hydrogens is 436 g/mol. The van der Waals surface area contributed by atoms with Gasteiger partial charge in [-0.1, -0.05) is 67.5 Å². The molecule has 0 saturated carbocycles. The van der Waals surface area contributed by atoms with Gasteiger partial charge in [0.15, 0.2) is 0 Å². The first-order valence-corrected chi connectivity index (χ1v) is 11.2. The summed E-state index contributed by atoms with van der Waals surface area (Å²) in [5.41, 5.74) is 1.81. The van der Waals surface area contributed by atoms with E-state index in [0.29, 0.717) is 19.7 Å². The van der Waals surface area contributed by atoms with E-state index in [1.807, 2.05) is 48.5 Å². The molecule has 0 bridgehead atoms. The van der Waals surface area contributed by atoms with Crippen LogP contribution in [0.5, 0.6) is 0 Å². The molecule has 0 aromatic heterocycles. The molecule has 2 amide bonds. The Morgan fingerprint density at radius 1 is 0.912 bits per heavy atom. The van der Waals surface area contributed by atoms with Crippen molar-refractivity contribution in [2.45, 2.75) is 44.8 Å². The molecular formula is C26H32N2O6. The van der Waals surface area contributed by atoms with E-state index in [0.717, 1.165) is 16.0 Å². The van der Waals surface area contributed by atoms with Gasteiger partial charge in [0.25, 0.3) is 0 Å². The van der Waals surface area contributed by atoms with Crippen LogP contribution in [-0.4, -0.2) is 71.6 Å². The number of nitrogens with zero attached hydrogens (tertiary/aromatic N) is 2. The predicted molar refractivity (Wildman–Crippen MR) is 125 cm³/mol. The third-order valence-electron chi connectivity index (χ3n) is 5.89. The van der Waals surface area contributed by atoms with Crippen LogP contribution in [0.15, 0.2) is 60.7 Å². The van der Waals surface area contributed by atoms with Gasteiger partial charge in [0, 0.05) is 19.3 Å². The number of aliphatic hydroxyl groups is 1. The molecule has 3 heterocycles. The third kappa shape index (κ3) is 6.48. The zero-order chi connectivity index (χ0) is 28.2. The molecule has 3 aliphatic heterocycles. The number of carbonyl (C=O) groups excluding carboxylic acids is 2. The first-order chi connectivity index (χ1) is 18.5. The van der Waals surface area contributed by atoms with Crippen molar-refractivity contribution in [2.75, 3.05) is 26.2 Å². The van der Waals surface area contributed by atoms with Gasteiger partial charge in [-0.15, -0.1) is 0 Å². The number of epoxide rings is 1. The number of benzene rings is 2. The Labute approximate surface area is 207 Å². The van der Waals surface area contributed by atoms with Crippen molar-refractivity contribution in [2.24, 2.45) is 5.92 Å². The second kappa shape index (κ2) is 11.4. The smallest absolute Gasteiger partial charge is 0.410 e. The predicted octanol–water partition coefficient (Wildman–Crippen LogP) is 3.43. The van der Waals surface area contributed by atoms with Crippen molar-refractivity contribution < 1.29 is 35.8 Å². The summed E-state index contributed by atoms with van der Waals surface area (Å²) in [6.07, 6.45) is -4.22. The van der Waals surface area contributed by atoms with Gasteiger partial charge >= 0.3 is 12.2 Å². The van der Waals surface area contributed by atoms with Crippen LogP contribution in [0.25, 0.3) is 0 Å². The molecule has 8 heteroatoms.